The Bertz CT molecular complexity index is 893. The number of rotatable bonds is 3. The van der Waals surface area contributed by atoms with Gasteiger partial charge in [-0.05, 0) is 44.0 Å². The topological polar surface area (TPSA) is 69.6 Å². The van der Waals surface area contributed by atoms with Gasteiger partial charge in [0.15, 0.2) is 5.82 Å². The number of halogens is 3. The average Bonchev–Trinajstić information content (AvgIpc) is 2.96. The molecule has 1 aromatic carbocycles. The first-order valence-electron chi connectivity index (χ1n) is 8.03. The van der Waals surface area contributed by atoms with E-state index >= 15 is 0 Å². The van der Waals surface area contributed by atoms with E-state index in [-0.39, 0.29) is 42.6 Å². The zero-order valence-electron chi connectivity index (χ0n) is 14.2. The van der Waals surface area contributed by atoms with Crippen LogP contribution in [0, 0.1) is 12.7 Å². The Hall–Kier alpha value is -2.02. The van der Waals surface area contributed by atoms with Crippen molar-refractivity contribution in [2.75, 3.05) is 0 Å². The first kappa shape index (κ1) is 20.3. The molecule has 26 heavy (non-hydrogen) atoms. The predicted octanol–water partition coefficient (Wildman–Crippen LogP) is 3.83. The van der Waals surface area contributed by atoms with E-state index in [0.717, 1.165) is 24.4 Å². The molecule has 5 nitrogen and oxygen atoms in total. The zero-order chi connectivity index (χ0) is 16.7. The molecule has 0 saturated heterocycles. The lowest BCUT2D eigenvalue weighted by Crippen LogP contribution is -2.36. The van der Waals surface area contributed by atoms with Crippen LogP contribution in [-0.2, 0) is 0 Å². The summed E-state index contributed by atoms with van der Waals surface area (Å²) >= 11 is 0. The minimum atomic E-state index is -0.309. The van der Waals surface area contributed by atoms with Crippen LogP contribution in [0.3, 0.4) is 0 Å². The number of nitrogens with two attached hydrogens (primary N) is 1. The van der Waals surface area contributed by atoms with Gasteiger partial charge in [0.1, 0.15) is 17.3 Å². The minimum absolute atomic E-state index is 0. The van der Waals surface area contributed by atoms with Crippen molar-refractivity contribution in [1.82, 2.24) is 19.7 Å². The lowest BCUT2D eigenvalue weighted by atomic mass is 9.80. The van der Waals surface area contributed by atoms with Gasteiger partial charge in [-0.2, -0.15) is 0 Å². The van der Waals surface area contributed by atoms with Gasteiger partial charge in [0, 0.05) is 17.7 Å². The van der Waals surface area contributed by atoms with E-state index in [1.165, 1.54) is 6.07 Å². The Labute approximate surface area is 163 Å². The molecule has 1 aliphatic rings. The van der Waals surface area contributed by atoms with Crippen molar-refractivity contribution in [1.29, 1.82) is 0 Å². The van der Waals surface area contributed by atoms with E-state index in [1.807, 2.05) is 31.2 Å². The monoisotopic (exact) mass is 395 g/mol. The van der Waals surface area contributed by atoms with Crippen LogP contribution in [0.15, 0.2) is 42.5 Å². The molecule has 1 aliphatic carbocycles. The summed E-state index contributed by atoms with van der Waals surface area (Å²) in [4.78, 5) is 4.52. The number of hydrogen-bond acceptors (Lipinski definition) is 4. The molecule has 0 bridgehead atoms. The van der Waals surface area contributed by atoms with E-state index < -0.39 is 0 Å². The standard InChI is InChI=1S/C18H18FN5.2ClH/c1-11-5-4-7-15(21-11)18-23-22-17(12-9-13(20)10-12)24(18)16-8-3-2-6-14(16)19;;/h2-8,12-13H,9-10,20H2,1H3;2*1H. The summed E-state index contributed by atoms with van der Waals surface area (Å²) in [5.74, 6) is 1.20. The molecule has 0 spiro atoms. The average molecular weight is 396 g/mol. The van der Waals surface area contributed by atoms with Crippen LogP contribution in [0.25, 0.3) is 17.2 Å². The van der Waals surface area contributed by atoms with Gasteiger partial charge in [-0.1, -0.05) is 18.2 Å². The molecule has 1 saturated carbocycles. The van der Waals surface area contributed by atoms with Gasteiger partial charge in [0.2, 0.25) is 0 Å². The minimum Gasteiger partial charge on any atom is -0.328 e. The second-order valence-electron chi connectivity index (χ2n) is 6.26. The lowest BCUT2D eigenvalue weighted by molar-refractivity contribution is 0.334. The summed E-state index contributed by atoms with van der Waals surface area (Å²) in [7, 11) is 0. The molecule has 3 aromatic rings. The molecule has 4 rings (SSSR count). The normalized spacial score (nSPS) is 18.4. The molecule has 0 atom stereocenters. The highest BCUT2D eigenvalue weighted by Gasteiger charge is 2.33. The fourth-order valence-corrected chi connectivity index (χ4v) is 3.14. The maximum absolute atomic E-state index is 14.4. The second kappa shape index (κ2) is 8.12. The molecule has 138 valence electrons. The smallest absolute Gasteiger partial charge is 0.187 e. The van der Waals surface area contributed by atoms with Crippen molar-refractivity contribution in [3.05, 3.63) is 59.8 Å². The van der Waals surface area contributed by atoms with Gasteiger partial charge < -0.3 is 5.73 Å². The quantitative estimate of drug-likeness (QED) is 0.731. The third kappa shape index (κ3) is 3.58. The summed E-state index contributed by atoms with van der Waals surface area (Å²) in [6, 6.07) is 12.5. The van der Waals surface area contributed by atoms with Gasteiger partial charge in [-0.3, -0.25) is 4.57 Å². The van der Waals surface area contributed by atoms with E-state index in [2.05, 4.69) is 15.2 Å². The molecule has 1 fully saturated rings. The fraction of sp³-hybridized carbons (Fsp3) is 0.278. The number of nitrogens with zero attached hydrogens (tertiary/aromatic N) is 4. The zero-order valence-corrected chi connectivity index (χ0v) is 15.8. The molecule has 0 unspecified atom stereocenters. The number of aromatic nitrogens is 4. The Balaban J connectivity index is 0.00000121. The van der Waals surface area contributed by atoms with E-state index in [0.29, 0.717) is 17.2 Å². The Kier molecular flexibility index (Phi) is 6.34. The highest BCUT2D eigenvalue weighted by atomic mass is 35.5. The van der Waals surface area contributed by atoms with Crippen molar-refractivity contribution in [2.45, 2.75) is 31.7 Å². The molecule has 0 aliphatic heterocycles. The van der Waals surface area contributed by atoms with Crippen molar-refractivity contribution in [3.8, 4) is 17.2 Å². The predicted molar refractivity (Wildman–Crippen MR) is 104 cm³/mol. The summed E-state index contributed by atoms with van der Waals surface area (Å²) in [5.41, 5.74) is 7.92. The van der Waals surface area contributed by atoms with Gasteiger partial charge in [0.05, 0.1) is 5.69 Å². The van der Waals surface area contributed by atoms with Crippen molar-refractivity contribution in [2.24, 2.45) is 5.73 Å². The van der Waals surface area contributed by atoms with E-state index in [4.69, 9.17) is 5.73 Å². The van der Waals surface area contributed by atoms with Crippen LogP contribution < -0.4 is 5.73 Å². The van der Waals surface area contributed by atoms with Crippen LogP contribution in [0.2, 0.25) is 0 Å². The number of para-hydroxylation sites is 1. The summed E-state index contributed by atoms with van der Waals surface area (Å²) < 4.78 is 16.2. The van der Waals surface area contributed by atoms with Gasteiger partial charge >= 0.3 is 0 Å². The van der Waals surface area contributed by atoms with Gasteiger partial charge in [0.25, 0.3) is 0 Å². The second-order valence-corrected chi connectivity index (χ2v) is 6.26. The largest absolute Gasteiger partial charge is 0.328 e. The third-order valence-electron chi connectivity index (χ3n) is 4.44. The molecule has 8 heteroatoms. The number of hydrogen-bond donors (Lipinski definition) is 1. The highest BCUT2D eigenvalue weighted by molar-refractivity contribution is 5.85. The number of benzene rings is 1. The van der Waals surface area contributed by atoms with E-state index in [9.17, 15) is 4.39 Å². The summed E-state index contributed by atoms with van der Waals surface area (Å²) in [5, 5.41) is 8.66. The molecule has 0 amide bonds. The summed E-state index contributed by atoms with van der Waals surface area (Å²) in [6.45, 7) is 1.92. The fourth-order valence-electron chi connectivity index (χ4n) is 3.14. The van der Waals surface area contributed by atoms with Gasteiger partial charge in [-0.15, -0.1) is 35.0 Å². The van der Waals surface area contributed by atoms with E-state index in [1.54, 1.807) is 16.7 Å². The van der Waals surface area contributed by atoms with Crippen LogP contribution in [0.1, 0.15) is 30.3 Å². The van der Waals surface area contributed by atoms with Crippen LogP contribution >= 0.6 is 24.8 Å². The maximum atomic E-state index is 14.4. The first-order valence-corrected chi connectivity index (χ1v) is 8.03. The third-order valence-corrected chi connectivity index (χ3v) is 4.44. The molecular weight excluding hydrogens is 376 g/mol. The summed E-state index contributed by atoms with van der Waals surface area (Å²) in [6.07, 6.45) is 1.68. The van der Waals surface area contributed by atoms with Crippen LogP contribution in [0.4, 0.5) is 4.39 Å². The van der Waals surface area contributed by atoms with Crippen molar-refractivity contribution < 1.29 is 4.39 Å². The Morgan fingerprint density at radius 2 is 1.77 bits per heavy atom. The Morgan fingerprint density at radius 3 is 2.42 bits per heavy atom. The Morgan fingerprint density at radius 1 is 1.04 bits per heavy atom. The molecule has 0 radical (unpaired) electrons. The SMILES string of the molecule is Cc1cccc(-c2nnc(C3CC(N)C3)n2-c2ccccc2F)n1.Cl.Cl. The lowest BCUT2D eigenvalue weighted by Gasteiger charge is -2.31. The molecule has 2 N–H and O–H groups in total. The van der Waals surface area contributed by atoms with Gasteiger partial charge in [-0.25, -0.2) is 9.37 Å². The number of aryl methyl sites for hydroxylation is 1. The van der Waals surface area contributed by atoms with Crippen LogP contribution in [-0.4, -0.2) is 25.8 Å². The highest BCUT2D eigenvalue weighted by Crippen LogP contribution is 2.37. The van der Waals surface area contributed by atoms with Crippen LogP contribution in [0.5, 0.6) is 0 Å². The molecular formula is C18H20Cl2FN5. The molecule has 2 heterocycles. The molecule has 2 aromatic heterocycles. The maximum Gasteiger partial charge on any atom is 0.187 e. The van der Waals surface area contributed by atoms with Crippen molar-refractivity contribution in [3.63, 3.8) is 0 Å². The first-order chi connectivity index (χ1) is 11.6. The number of pyridine rings is 1. The van der Waals surface area contributed by atoms with Crippen molar-refractivity contribution >= 4 is 24.8 Å².